The number of hydrogen-bond acceptors (Lipinski definition) is 2. The van der Waals surface area contributed by atoms with Crippen molar-refractivity contribution >= 4 is 46.9 Å². The van der Waals surface area contributed by atoms with Crippen molar-refractivity contribution in [1.29, 1.82) is 0 Å². The van der Waals surface area contributed by atoms with Crippen LogP contribution in [0.3, 0.4) is 0 Å². The Kier molecular flexibility index (Phi) is 7.76. The molecule has 0 unspecified atom stereocenters. The van der Waals surface area contributed by atoms with Gasteiger partial charge in [-0.15, -0.1) is 0 Å². The van der Waals surface area contributed by atoms with Gasteiger partial charge in [0.05, 0.1) is 11.5 Å². The number of anilines is 2. The summed E-state index contributed by atoms with van der Waals surface area (Å²) < 4.78 is 45.2. The number of halogens is 5. The summed E-state index contributed by atoms with van der Waals surface area (Å²) in [6.07, 6.45) is 0. The van der Waals surface area contributed by atoms with E-state index >= 15 is 0 Å². The second kappa shape index (κ2) is 11.1. The Morgan fingerprint density at radius 3 is 1.94 bits per heavy atom. The minimum atomic E-state index is -6.00. The van der Waals surface area contributed by atoms with E-state index in [0.29, 0.717) is 5.02 Å². The predicted molar refractivity (Wildman–Crippen MR) is 137 cm³/mol. The highest BCUT2D eigenvalue weighted by molar-refractivity contribution is 6.50. The number of benzene rings is 4. The maximum absolute atomic E-state index is 9.75. The first-order valence-corrected chi connectivity index (χ1v) is 11.3. The van der Waals surface area contributed by atoms with Gasteiger partial charge in [-0.2, -0.15) is 0 Å². The number of para-hydroxylation sites is 2. The van der Waals surface area contributed by atoms with Crippen LogP contribution in [0.1, 0.15) is 0 Å². The van der Waals surface area contributed by atoms with E-state index in [1.807, 2.05) is 78.9 Å². The van der Waals surface area contributed by atoms with Gasteiger partial charge in [-0.1, -0.05) is 41.9 Å². The van der Waals surface area contributed by atoms with Crippen LogP contribution >= 0.6 is 11.6 Å². The SMILES string of the molecule is Clc1ccc(-c2cc(=[NH+]c3ccc(Nc4ccccc4)cc3)c3ccccc3o2)cc1.F[B-](F)(F)F. The van der Waals surface area contributed by atoms with E-state index < -0.39 is 7.25 Å². The van der Waals surface area contributed by atoms with E-state index in [1.165, 1.54) is 0 Å². The van der Waals surface area contributed by atoms with Crippen LogP contribution in [0.15, 0.2) is 114 Å². The van der Waals surface area contributed by atoms with Gasteiger partial charge in [0, 0.05) is 34.1 Å². The molecule has 0 aliphatic heterocycles. The van der Waals surface area contributed by atoms with Crippen LogP contribution < -0.4 is 15.7 Å². The Hall–Kier alpha value is -4.04. The minimum Gasteiger partial charge on any atom is -0.456 e. The highest BCUT2D eigenvalue weighted by Gasteiger charge is 2.20. The zero-order chi connectivity index (χ0) is 25.5. The smallest absolute Gasteiger partial charge is 0.456 e. The lowest BCUT2D eigenvalue weighted by molar-refractivity contribution is -0.400. The minimum absolute atomic E-state index is 0.701. The molecule has 0 fully saturated rings. The Labute approximate surface area is 209 Å². The third-order valence-electron chi connectivity index (χ3n) is 5.03. The van der Waals surface area contributed by atoms with Crippen molar-refractivity contribution in [3.63, 3.8) is 0 Å². The fraction of sp³-hybridized carbons (Fsp3) is 0. The van der Waals surface area contributed by atoms with E-state index in [2.05, 4.69) is 40.6 Å². The van der Waals surface area contributed by atoms with Gasteiger partial charge < -0.3 is 27.0 Å². The second-order valence-electron chi connectivity index (χ2n) is 7.72. The van der Waals surface area contributed by atoms with Crippen LogP contribution in [-0.2, 0) is 0 Å². The van der Waals surface area contributed by atoms with E-state index in [1.54, 1.807) is 0 Å². The first-order valence-electron chi connectivity index (χ1n) is 10.9. The molecule has 0 saturated heterocycles. The summed E-state index contributed by atoms with van der Waals surface area (Å²) in [6, 6.07) is 36.1. The van der Waals surface area contributed by atoms with Gasteiger partial charge in [0.2, 0.25) is 11.0 Å². The molecule has 1 aromatic heterocycles. The lowest BCUT2D eigenvalue weighted by Crippen LogP contribution is -2.70. The van der Waals surface area contributed by atoms with Crippen molar-refractivity contribution in [2.45, 2.75) is 0 Å². The summed E-state index contributed by atoms with van der Waals surface area (Å²) >= 11 is 6.05. The molecule has 0 aliphatic carbocycles. The molecule has 0 aliphatic rings. The van der Waals surface area contributed by atoms with E-state index in [9.17, 15) is 17.3 Å². The molecule has 0 saturated carbocycles. The highest BCUT2D eigenvalue weighted by atomic mass is 35.5. The van der Waals surface area contributed by atoms with E-state index in [0.717, 1.165) is 44.7 Å². The molecule has 36 heavy (non-hydrogen) atoms. The van der Waals surface area contributed by atoms with Gasteiger partial charge >= 0.3 is 7.25 Å². The fourth-order valence-corrected chi connectivity index (χ4v) is 3.60. The number of fused-ring (bicyclic) bond motifs is 1. The monoisotopic (exact) mass is 510 g/mol. The Balaban J connectivity index is 0.000000556. The highest BCUT2D eigenvalue weighted by Crippen LogP contribution is 2.23. The lowest BCUT2D eigenvalue weighted by Gasteiger charge is -2.05. The molecule has 0 atom stereocenters. The zero-order valence-electron chi connectivity index (χ0n) is 18.8. The van der Waals surface area contributed by atoms with Gasteiger partial charge in [0.25, 0.3) is 0 Å². The molecule has 4 aromatic carbocycles. The molecule has 5 aromatic rings. The maximum Gasteiger partial charge on any atom is 0.673 e. The molecule has 0 bridgehead atoms. The van der Waals surface area contributed by atoms with Crippen LogP contribution in [0.2, 0.25) is 5.02 Å². The van der Waals surface area contributed by atoms with Crippen molar-refractivity contribution in [2.24, 2.45) is 0 Å². The van der Waals surface area contributed by atoms with Crippen molar-refractivity contribution < 1.29 is 26.7 Å². The zero-order valence-corrected chi connectivity index (χ0v) is 19.5. The fourth-order valence-electron chi connectivity index (χ4n) is 3.48. The first kappa shape index (κ1) is 25.1. The normalized spacial score (nSPS) is 11.6. The van der Waals surface area contributed by atoms with Crippen molar-refractivity contribution in [3.8, 4) is 11.3 Å². The number of hydrogen-bond donors (Lipinski definition) is 2. The van der Waals surface area contributed by atoms with E-state index in [4.69, 9.17) is 16.0 Å². The molecule has 1 heterocycles. The lowest BCUT2D eigenvalue weighted by atomic mass is 10.1. The third kappa shape index (κ3) is 7.23. The Bertz CT molecular complexity index is 1500. The third-order valence-corrected chi connectivity index (χ3v) is 5.28. The molecular formula is C27H20BClF4N2O. The van der Waals surface area contributed by atoms with Gasteiger partial charge in [-0.25, -0.2) is 4.99 Å². The standard InChI is InChI=1S/C27H19ClN2O.BF4/c28-20-12-10-19(11-13-20)27-18-25(24-8-4-5-9-26(24)31-27)30-23-16-14-22(15-17-23)29-21-6-2-1-3-7-21;2-1(3,4)5/h1-18,29H;/q;-1/p+1. The van der Waals surface area contributed by atoms with Gasteiger partial charge in [-0.05, 0) is 60.7 Å². The summed E-state index contributed by atoms with van der Waals surface area (Å²) in [6.45, 7) is 0. The first-order chi connectivity index (χ1) is 17.2. The van der Waals surface area contributed by atoms with Crippen molar-refractivity contribution in [2.75, 3.05) is 5.32 Å². The largest absolute Gasteiger partial charge is 0.673 e. The van der Waals surface area contributed by atoms with Crippen molar-refractivity contribution in [3.05, 3.63) is 120 Å². The average molecular weight is 511 g/mol. The number of rotatable bonds is 4. The van der Waals surface area contributed by atoms with Crippen molar-refractivity contribution in [1.82, 2.24) is 0 Å². The van der Waals surface area contributed by atoms with Crippen LogP contribution in [0.25, 0.3) is 22.3 Å². The average Bonchev–Trinajstić information content (AvgIpc) is 2.85. The summed E-state index contributed by atoms with van der Waals surface area (Å²) in [4.78, 5) is 3.55. The van der Waals surface area contributed by atoms with Crippen LogP contribution in [0.5, 0.6) is 0 Å². The van der Waals surface area contributed by atoms with Gasteiger partial charge in [-0.3, -0.25) is 0 Å². The molecule has 3 nitrogen and oxygen atoms in total. The topological polar surface area (TPSA) is 39.1 Å². The van der Waals surface area contributed by atoms with Crippen LogP contribution in [0.4, 0.5) is 34.3 Å². The molecular weight excluding hydrogens is 491 g/mol. The second-order valence-corrected chi connectivity index (χ2v) is 8.15. The summed E-state index contributed by atoms with van der Waals surface area (Å²) in [5.41, 5.74) is 4.88. The van der Waals surface area contributed by atoms with Gasteiger partial charge in [0.15, 0.2) is 0 Å². The molecule has 0 spiro atoms. The Morgan fingerprint density at radius 1 is 0.694 bits per heavy atom. The molecule has 182 valence electrons. The molecule has 5 rings (SSSR count). The number of nitrogens with one attached hydrogen (secondary N) is 2. The molecule has 0 amide bonds. The quantitative estimate of drug-likeness (QED) is 0.200. The maximum atomic E-state index is 9.75. The summed E-state index contributed by atoms with van der Waals surface area (Å²) in [5, 5.41) is 6.11. The summed E-state index contributed by atoms with van der Waals surface area (Å²) in [5.74, 6) is 0.778. The molecule has 9 heteroatoms. The van der Waals surface area contributed by atoms with E-state index in [-0.39, 0.29) is 0 Å². The van der Waals surface area contributed by atoms with Gasteiger partial charge in [0.1, 0.15) is 11.3 Å². The van der Waals surface area contributed by atoms with Crippen LogP contribution in [0, 0.1) is 0 Å². The Morgan fingerprint density at radius 2 is 1.28 bits per heavy atom. The predicted octanol–water partition coefficient (Wildman–Crippen LogP) is 7.11. The molecule has 2 N–H and O–H groups in total. The van der Waals surface area contributed by atoms with Crippen LogP contribution in [-0.4, -0.2) is 7.25 Å². The summed E-state index contributed by atoms with van der Waals surface area (Å²) in [7, 11) is -6.00. The molecule has 0 radical (unpaired) electrons.